The molecular weight excluding hydrogens is 313 g/mol. The number of thiazole rings is 1. The van der Waals surface area contributed by atoms with Crippen molar-refractivity contribution in [2.24, 2.45) is 0 Å². The molecule has 0 aliphatic rings. The summed E-state index contributed by atoms with van der Waals surface area (Å²) in [5.41, 5.74) is 0.610. The molecule has 1 aromatic heterocycles. The maximum atomic E-state index is 12.1. The Labute approximate surface area is 123 Å². The highest BCUT2D eigenvalue weighted by Gasteiger charge is 2.31. The number of hydrogen-bond donors (Lipinski definition) is 0. The average molecular weight is 323 g/mol. The van der Waals surface area contributed by atoms with Gasteiger partial charge < -0.3 is 9.64 Å². The van der Waals surface area contributed by atoms with Crippen molar-refractivity contribution in [1.29, 1.82) is 0 Å². The number of nitrogens with zero attached hydrogens (tertiary/aromatic N) is 2. The summed E-state index contributed by atoms with van der Waals surface area (Å²) in [6.45, 7) is 0.381. The van der Waals surface area contributed by atoms with Crippen LogP contribution in [0.1, 0.15) is 0 Å². The molecule has 0 amide bonds. The maximum Gasteiger partial charge on any atom is 0.573 e. The lowest BCUT2D eigenvalue weighted by Crippen LogP contribution is -2.16. The molecule has 0 aliphatic carbocycles. The number of halogens is 4. The van der Waals surface area contributed by atoms with Crippen molar-refractivity contribution in [3.63, 3.8) is 0 Å². The molecule has 108 valence electrons. The minimum atomic E-state index is -4.69. The van der Waals surface area contributed by atoms with Crippen LogP contribution < -0.4 is 9.64 Å². The molecule has 2 rings (SSSR count). The van der Waals surface area contributed by atoms with Gasteiger partial charge in [0.05, 0.1) is 16.8 Å². The molecule has 2 aromatic rings. The van der Waals surface area contributed by atoms with Crippen LogP contribution in [-0.4, -0.2) is 24.9 Å². The second-order valence-electron chi connectivity index (χ2n) is 3.73. The van der Waals surface area contributed by atoms with Gasteiger partial charge in [-0.05, 0) is 12.1 Å². The van der Waals surface area contributed by atoms with E-state index in [9.17, 15) is 13.2 Å². The van der Waals surface area contributed by atoms with Gasteiger partial charge in [0.25, 0.3) is 0 Å². The van der Waals surface area contributed by atoms with Gasteiger partial charge in [0.15, 0.2) is 5.13 Å². The van der Waals surface area contributed by atoms with Crippen molar-refractivity contribution in [2.75, 3.05) is 18.5 Å². The third-order valence-corrected chi connectivity index (χ3v) is 3.37. The second kappa shape index (κ2) is 6.20. The quantitative estimate of drug-likeness (QED) is 0.806. The minimum absolute atomic E-state index is 0. The van der Waals surface area contributed by atoms with Crippen molar-refractivity contribution in [2.45, 2.75) is 6.36 Å². The molecule has 0 spiro atoms. The molecule has 0 atom stereocenters. The summed E-state index contributed by atoms with van der Waals surface area (Å²) in [5.74, 6) is 2.22. The number of terminal acetylenes is 1. The minimum Gasteiger partial charge on any atom is -0.406 e. The Kier molecular flexibility index (Phi) is 5.09. The van der Waals surface area contributed by atoms with Crippen LogP contribution in [-0.2, 0) is 0 Å². The fourth-order valence-electron chi connectivity index (χ4n) is 1.46. The predicted molar refractivity (Wildman–Crippen MR) is 75.7 cm³/mol. The lowest BCUT2D eigenvalue weighted by molar-refractivity contribution is -0.274. The third-order valence-electron chi connectivity index (χ3n) is 2.24. The Hall–Kier alpha value is -1.65. The Morgan fingerprint density at radius 1 is 1.45 bits per heavy atom. The summed E-state index contributed by atoms with van der Waals surface area (Å²) in [5, 5.41) is 0.650. The van der Waals surface area contributed by atoms with E-state index < -0.39 is 6.36 Å². The normalized spacial score (nSPS) is 10.8. The molecule has 0 saturated carbocycles. The van der Waals surface area contributed by atoms with Gasteiger partial charge in [-0.15, -0.1) is 32.0 Å². The molecule has 1 heterocycles. The Morgan fingerprint density at radius 2 is 2.15 bits per heavy atom. The number of benzene rings is 1. The second-order valence-corrected chi connectivity index (χ2v) is 4.74. The van der Waals surface area contributed by atoms with Crippen LogP contribution in [0, 0.1) is 12.3 Å². The van der Waals surface area contributed by atoms with E-state index in [1.54, 1.807) is 11.9 Å². The van der Waals surface area contributed by atoms with Gasteiger partial charge in [-0.3, -0.25) is 0 Å². The van der Waals surface area contributed by atoms with E-state index in [1.807, 2.05) is 0 Å². The first-order valence-electron chi connectivity index (χ1n) is 5.20. The fourth-order valence-corrected chi connectivity index (χ4v) is 2.41. The summed E-state index contributed by atoms with van der Waals surface area (Å²) in [6, 6.07) is 4.04. The van der Waals surface area contributed by atoms with E-state index in [0.29, 0.717) is 21.9 Å². The fraction of sp³-hybridized carbons (Fsp3) is 0.250. The summed E-state index contributed by atoms with van der Waals surface area (Å²) >= 11 is 1.26. The van der Waals surface area contributed by atoms with Gasteiger partial charge in [0.2, 0.25) is 0 Å². The van der Waals surface area contributed by atoms with Crippen molar-refractivity contribution in [3.8, 4) is 18.1 Å². The molecule has 3 nitrogen and oxygen atoms in total. The highest BCUT2D eigenvalue weighted by molar-refractivity contribution is 7.22. The number of anilines is 1. The number of alkyl halides is 3. The number of rotatable bonds is 3. The van der Waals surface area contributed by atoms with Gasteiger partial charge in [0.1, 0.15) is 5.75 Å². The number of fused-ring (bicyclic) bond motifs is 1. The lowest BCUT2D eigenvalue weighted by Gasteiger charge is -2.10. The van der Waals surface area contributed by atoms with Crippen molar-refractivity contribution < 1.29 is 17.9 Å². The maximum absolute atomic E-state index is 12.1. The Balaban J connectivity index is 0.00000200. The molecule has 0 fully saturated rings. The third kappa shape index (κ3) is 3.92. The van der Waals surface area contributed by atoms with Crippen LogP contribution in [0.15, 0.2) is 18.2 Å². The predicted octanol–water partition coefficient (Wildman–Crippen LogP) is 3.69. The van der Waals surface area contributed by atoms with Crippen LogP contribution in [0.2, 0.25) is 0 Å². The molecule has 20 heavy (non-hydrogen) atoms. The largest absolute Gasteiger partial charge is 0.573 e. The van der Waals surface area contributed by atoms with Crippen LogP contribution in [0.3, 0.4) is 0 Å². The van der Waals surface area contributed by atoms with Crippen molar-refractivity contribution >= 4 is 39.1 Å². The topological polar surface area (TPSA) is 25.4 Å². The smallest absolute Gasteiger partial charge is 0.406 e. The van der Waals surface area contributed by atoms with E-state index in [4.69, 9.17) is 6.42 Å². The zero-order valence-electron chi connectivity index (χ0n) is 10.3. The van der Waals surface area contributed by atoms with Crippen LogP contribution in [0.4, 0.5) is 18.3 Å². The molecule has 0 unspecified atom stereocenters. The standard InChI is InChI=1S/C12H9F3N2OS.ClH/c1-3-6-17(2)11-16-9-5-4-8(7-10(9)19-11)18-12(13,14)15;/h1,4-5,7H,6H2,2H3;1H. The molecule has 1 aromatic carbocycles. The molecule has 0 aliphatic heterocycles. The first-order chi connectivity index (χ1) is 8.89. The lowest BCUT2D eigenvalue weighted by atomic mass is 10.3. The summed E-state index contributed by atoms with van der Waals surface area (Å²) in [6.07, 6.45) is 0.502. The van der Waals surface area contributed by atoms with E-state index in [-0.39, 0.29) is 18.2 Å². The highest BCUT2D eigenvalue weighted by atomic mass is 35.5. The SMILES string of the molecule is C#CCN(C)c1nc2ccc(OC(F)(F)F)cc2s1.Cl. The molecular formula is C12H10ClF3N2OS. The van der Waals surface area contributed by atoms with Crippen LogP contribution in [0.25, 0.3) is 10.2 Å². The van der Waals surface area contributed by atoms with E-state index in [1.165, 1.54) is 29.5 Å². The van der Waals surface area contributed by atoms with Gasteiger partial charge >= 0.3 is 6.36 Å². The average Bonchev–Trinajstić information content (AvgIpc) is 2.70. The zero-order chi connectivity index (χ0) is 14.0. The van der Waals surface area contributed by atoms with Gasteiger partial charge in [0, 0.05) is 13.1 Å². The van der Waals surface area contributed by atoms with Gasteiger partial charge in [-0.1, -0.05) is 17.3 Å². The first kappa shape index (κ1) is 16.4. The summed E-state index contributed by atoms with van der Waals surface area (Å²) < 4.78 is 40.8. The van der Waals surface area contributed by atoms with Gasteiger partial charge in [-0.2, -0.15) is 0 Å². The Morgan fingerprint density at radius 3 is 2.75 bits per heavy atom. The molecule has 0 N–H and O–H groups in total. The molecule has 0 bridgehead atoms. The van der Waals surface area contributed by atoms with Crippen LogP contribution in [0.5, 0.6) is 5.75 Å². The van der Waals surface area contributed by atoms with Gasteiger partial charge in [-0.25, -0.2) is 4.98 Å². The van der Waals surface area contributed by atoms with Crippen molar-refractivity contribution in [1.82, 2.24) is 4.98 Å². The van der Waals surface area contributed by atoms with Crippen LogP contribution >= 0.6 is 23.7 Å². The highest BCUT2D eigenvalue weighted by Crippen LogP contribution is 2.32. The summed E-state index contributed by atoms with van der Waals surface area (Å²) in [4.78, 5) is 6.03. The molecule has 8 heteroatoms. The number of hydrogen-bond acceptors (Lipinski definition) is 4. The number of aromatic nitrogens is 1. The van der Waals surface area contributed by atoms with E-state index in [2.05, 4.69) is 15.6 Å². The van der Waals surface area contributed by atoms with Crippen molar-refractivity contribution in [3.05, 3.63) is 18.2 Å². The summed E-state index contributed by atoms with van der Waals surface area (Å²) in [7, 11) is 1.77. The monoisotopic (exact) mass is 322 g/mol. The van der Waals surface area contributed by atoms with E-state index in [0.717, 1.165) is 0 Å². The molecule has 0 radical (unpaired) electrons. The Bertz CT molecular complexity index is 636. The van der Waals surface area contributed by atoms with E-state index >= 15 is 0 Å². The molecule has 0 saturated heterocycles. The zero-order valence-corrected chi connectivity index (χ0v) is 11.9. The number of ether oxygens (including phenoxy) is 1. The first-order valence-corrected chi connectivity index (χ1v) is 6.01.